The van der Waals surface area contributed by atoms with E-state index in [2.05, 4.69) is 13.8 Å². The van der Waals surface area contributed by atoms with Gasteiger partial charge in [0.05, 0.1) is 13.2 Å². The molecule has 0 amide bonds. The SMILES string of the molecule is CC(C)(CO)CO.CC1(C)CO[B]OC1. The van der Waals surface area contributed by atoms with Crippen molar-refractivity contribution in [2.24, 2.45) is 10.8 Å². The van der Waals surface area contributed by atoms with Crippen LogP contribution in [0.4, 0.5) is 0 Å². The number of hydrogen-bond donors (Lipinski definition) is 2. The molecule has 0 aromatic carbocycles. The molecule has 1 radical (unpaired) electrons. The first-order valence-corrected chi connectivity index (χ1v) is 5.10. The summed E-state index contributed by atoms with van der Waals surface area (Å²) in [6.45, 7) is 9.45. The normalized spacial score (nSPS) is 19.9. The molecule has 5 heteroatoms. The Morgan fingerprint density at radius 1 is 1.13 bits per heavy atom. The molecule has 89 valence electrons. The number of aliphatic hydroxyl groups excluding tert-OH is 2. The van der Waals surface area contributed by atoms with E-state index in [0.717, 1.165) is 13.2 Å². The molecule has 1 heterocycles. The molecule has 0 unspecified atom stereocenters. The summed E-state index contributed by atoms with van der Waals surface area (Å²) >= 11 is 0. The lowest BCUT2D eigenvalue weighted by Crippen LogP contribution is -2.33. The molecule has 15 heavy (non-hydrogen) atoms. The molecule has 1 saturated heterocycles. The van der Waals surface area contributed by atoms with Gasteiger partial charge in [-0.1, -0.05) is 27.7 Å². The van der Waals surface area contributed by atoms with E-state index < -0.39 is 0 Å². The summed E-state index contributed by atoms with van der Waals surface area (Å²) in [5.74, 6) is 0. The van der Waals surface area contributed by atoms with Gasteiger partial charge < -0.3 is 19.5 Å². The zero-order valence-electron chi connectivity index (χ0n) is 10.1. The molecular weight excluding hydrogens is 195 g/mol. The Bertz CT molecular complexity index is 157. The van der Waals surface area contributed by atoms with Gasteiger partial charge in [-0.25, -0.2) is 0 Å². The zero-order valence-corrected chi connectivity index (χ0v) is 10.1. The molecule has 0 bridgehead atoms. The molecule has 1 aliphatic rings. The monoisotopic (exact) mass is 217 g/mol. The van der Waals surface area contributed by atoms with Crippen LogP contribution in [0.1, 0.15) is 27.7 Å². The zero-order chi connectivity index (χ0) is 11.9. The summed E-state index contributed by atoms with van der Waals surface area (Å²) < 4.78 is 9.88. The topological polar surface area (TPSA) is 58.9 Å². The standard InChI is InChI=1S/C5H10BO2.C5H12O2/c1-5(2)3-7-6-8-4-5;1-5(2,3-6)4-7/h3-4H2,1-2H3;6-7H,3-4H2,1-2H3. The molecule has 2 N–H and O–H groups in total. The summed E-state index contributed by atoms with van der Waals surface area (Å²) in [6, 6.07) is 0. The fraction of sp³-hybridized carbons (Fsp3) is 1.00. The molecule has 0 aliphatic carbocycles. The minimum Gasteiger partial charge on any atom is -0.413 e. The van der Waals surface area contributed by atoms with Crippen molar-refractivity contribution in [3.05, 3.63) is 0 Å². The van der Waals surface area contributed by atoms with Crippen molar-refractivity contribution in [3.8, 4) is 0 Å². The van der Waals surface area contributed by atoms with E-state index in [1.54, 1.807) is 13.8 Å². The molecule has 0 aromatic rings. The highest BCUT2D eigenvalue weighted by Gasteiger charge is 2.22. The lowest BCUT2D eigenvalue weighted by molar-refractivity contribution is 0.0431. The predicted molar refractivity (Wildman–Crippen MR) is 59.4 cm³/mol. The van der Waals surface area contributed by atoms with E-state index in [0.29, 0.717) is 0 Å². The highest BCUT2D eigenvalue weighted by atomic mass is 16.6. The van der Waals surface area contributed by atoms with E-state index in [1.165, 1.54) is 7.69 Å². The second-order valence-corrected chi connectivity index (χ2v) is 5.36. The van der Waals surface area contributed by atoms with Gasteiger partial charge in [-0.05, 0) is 0 Å². The van der Waals surface area contributed by atoms with E-state index in [9.17, 15) is 0 Å². The molecular formula is C10H22BO4. The second-order valence-electron chi connectivity index (χ2n) is 5.36. The number of hydrogen-bond acceptors (Lipinski definition) is 4. The molecule has 0 saturated carbocycles. The van der Waals surface area contributed by atoms with Gasteiger partial charge in [0, 0.05) is 24.0 Å². The third kappa shape index (κ3) is 7.79. The van der Waals surface area contributed by atoms with Crippen molar-refractivity contribution >= 4 is 7.69 Å². The van der Waals surface area contributed by atoms with Gasteiger partial charge in [-0.15, -0.1) is 0 Å². The maximum atomic E-state index is 8.43. The van der Waals surface area contributed by atoms with Crippen LogP contribution in [0, 0.1) is 10.8 Å². The number of rotatable bonds is 2. The maximum absolute atomic E-state index is 8.43. The molecule has 1 rings (SSSR count). The Morgan fingerprint density at radius 3 is 1.67 bits per heavy atom. The van der Waals surface area contributed by atoms with Crippen LogP contribution in [0.5, 0.6) is 0 Å². The maximum Gasteiger partial charge on any atom is 0.488 e. The average Bonchev–Trinajstić information content (AvgIpc) is 2.18. The van der Waals surface area contributed by atoms with Gasteiger partial charge in [0.25, 0.3) is 0 Å². The van der Waals surface area contributed by atoms with Crippen molar-refractivity contribution < 1.29 is 19.5 Å². The lowest BCUT2D eigenvalue weighted by Gasteiger charge is -2.28. The minimum absolute atomic E-state index is 0.0451. The second kappa shape index (κ2) is 6.48. The molecule has 1 aliphatic heterocycles. The van der Waals surface area contributed by atoms with Gasteiger partial charge in [0.1, 0.15) is 0 Å². The van der Waals surface area contributed by atoms with Gasteiger partial charge in [0.2, 0.25) is 0 Å². The summed E-state index contributed by atoms with van der Waals surface area (Å²) in [6.07, 6.45) is 0. The highest BCUT2D eigenvalue weighted by Crippen LogP contribution is 2.18. The quantitative estimate of drug-likeness (QED) is 0.664. The van der Waals surface area contributed by atoms with Gasteiger partial charge in [-0.3, -0.25) is 0 Å². The molecule has 1 fully saturated rings. The van der Waals surface area contributed by atoms with Crippen LogP contribution < -0.4 is 0 Å². The fourth-order valence-electron chi connectivity index (χ4n) is 0.659. The molecule has 0 aromatic heterocycles. The third-order valence-electron chi connectivity index (χ3n) is 1.94. The molecule has 0 spiro atoms. The third-order valence-corrected chi connectivity index (χ3v) is 1.94. The van der Waals surface area contributed by atoms with E-state index in [1.807, 2.05) is 0 Å². The Hall–Kier alpha value is -0.0951. The van der Waals surface area contributed by atoms with Crippen molar-refractivity contribution in [1.82, 2.24) is 0 Å². The van der Waals surface area contributed by atoms with Gasteiger partial charge in [-0.2, -0.15) is 0 Å². The van der Waals surface area contributed by atoms with Crippen LogP contribution >= 0.6 is 0 Å². The van der Waals surface area contributed by atoms with E-state index >= 15 is 0 Å². The molecule has 4 nitrogen and oxygen atoms in total. The van der Waals surface area contributed by atoms with Gasteiger partial charge >= 0.3 is 7.69 Å². The van der Waals surface area contributed by atoms with Crippen molar-refractivity contribution in [2.45, 2.75) is 27.7 Å². The Morgan fingerprint density at radius 2 is 1.53 bits per heavy atom. The number of aliphatic hydroxyl groups is 2. The van der Waals surface area contributed by atoms with Gasteiger partial charge in [0.15, 0.2) is 0 Å². The summed E-state index contributed by atoms with van der Waals surface area (Å²) in [7, 11) is 1.41. The van der Waals surface area contributed by atoms with Crippen molar-refractivity contribution in [1.29, 1.82) is 0 Å². The highest BCUT2D eigenvalue weighted by molar-refractivity contribution is 6.18. The first-order chi connectivity index (χ1) is 6.83. The lowest BCUT2D eigenvalue weighted by atomic mass is 9.94. The first kappa shape index (κ1) is 14.9. The van der Waals surface area contributed by atoms with Crippen molar-refractivity contribution in [3.63, 3.8) is 0 Å². The van der Waals surface area contributed by atoms with Crippen LogP contribution in [0.2, 0.25) is 0 Å². The Labute approximate surface area is 92.9 Å². The average molecular weight is 217 g/mol. The Kier molecular flexibility index (Phi) is 6.44. The molecule has 0 atom stereocenters. The predicted octanol–water partition coefficient (Wildman–Crippen LogP) is 0.591. The van der Waals surface area contributed by atoms with Crippen LogP contribution in [0.3, 0.4) is 0 Å². The van der Waals surface area contributed by atoms with Crippen LogP contribution in [-0.4, -0.2) is 44.3 Å². The smallest absolute Gasteiger partial charge is 0.413 e. The summed E-state index contributed by atoms with van der Waals surface area (Å²) in [4.78, 5) is 0. The fourth-order valence-corrected chi connectivity index (χ4v) is 0.659. The minimum atomic E-state index is -0.306. The first-order valence-electron chi connectivity index (χ1n) is 5.10. The van der Waals surface area contributed by atoms with Crippen LogP contribution in [0.25, 0.3) is 0 Å². The van der Waals surface area contributed by atoms with E-state index in [-0.39, 0.29) is 24.0 Å². The van der Waals surface area contributed by atoms with Crippen LogP contribution in [0.15, 0.2) is 0 Å². The Balaban J connectivity index is 0.000000265. The largest absolute Gasteiger partial charge is 0.488 e. The summed E-state index contributed by atoms with van der Waals surface area (Å²) in [5, 5.41) is 16.9. The van der Waals surface area contributed by atoms with Crippen LogP contribution in [-0.2, 0) is 9.31 Å². The summed E-state index contributed by atoms with van der Waals surface area (Å²) in [5.41, 5.74) is -0.102. The van der Waals surface area contributed by atoms with Crippen molar-refractivity contribution in [2.75, 3.05) is 26.4 Å². The van der Waals surface area contributed by atoms with E-state index in [4.69, 9.17) is 19.5 Å².